The molecule has 1 saturated heterocycles. The topological polar surface area (TPSA) is 75.4 Å². The molecule has 1 heterocycles. The molecule has 0 unspecified atom stereocenters. The van der Waals surface area contributed by atoms with Gasteiger partial charge >= 0.3 is 0 Å². The Morgan fingerprint density at radius 2 is 1.89 bits per heavy atom. The van der Waals surface area contributed by atoms with Crippen molar-refractivity contribution in [1.29, 1.82) is 0 Å². The first kappa shape index (κ1) is 13.3. The van der Waals surface area contributed by atoms with Crippen molar-refractivity contribution < 1.29 is 9.59 Å². The van der Waals surface area contributed by atoms with Gasteiger partial charge in [0.1, 0.15) is 0 Å². The average Bonchev–Trinajstić information content (AvgIpc) is 2.80. The Bertz CT molecular complexity index is 324. The Morgan fingerprint density at radius 3 is 2.56 bits per heavy atom. The van der Waals surface area contributed by atoms with Crippen LogP contribution in [0.25, 0.3) is 0 Å². The van der Waals surface area contributed by atoms with Crippen LogP contribution in [0.15, 0.2) is 0 Å². The predicted molar refractivity (Wildman–Crippen MR) is 68.8 cm³/mol. The SMILES string of the molecule is NCC(=O)NCC(=O)N1CCC2(CCCCC2)C1. The first-order chi connectivity index (χ1) is 8.65. The number of hydrogen-bond acceptors (Lipinski definition) is 3. The average molecular weight is 253 g/mol. The van der Waals surface area contributed by atoms with Crippen LogP contribution in [0.2, 0.25) is 0 Å². The van der Waals surface area contributed by atoms with Crippen molar-refractivity contribution in [3.8, 4) is 0 Å². The molecular weight excluding hydrogens is 230 g/mol. The van der Waals surface area contributed by atoms with Crippen LogP contribution in [0.1, 0.15) is 38.5 Å². The van der Waals surface area contributed by atoms with Gasteiger partial charge in [-0.05, 0) is 24.7 Å². The molecule has 5 nitrogen and oxygen atoms in total. The van der Waals surface area contributed by atoms with Gasteiger partial charge in [-0.25, -0.2) is 0 Å². The van der Waals surface area contributed by atoms with Gasteiger partial charge in [-0.2, -0.15) is 0 Å². The Labute approximate surface area is 108 Å². The van der Waals surface area contributed by atoms with Gasteiger partial charge in [-0.1, -0.05) is 19.3 Å². The molecule has 1 saturated carbocycles. The molecular formula is C13H23N3O2. The fourth-order valence-electron chi connectivity index (χ4n) is 3.22. The molecule has 5 heteroatoms. The monoisotopic (exact) mass is 253 g/mol. The van der Waals surface area contributed by atoms with Gasteiger partial charge in [-0.15, -0.1) is 0 Å². The minimum atomic E-state index is -0.269. The fourth-order valence-corrected chi connectivity index (χ4v) is 3.22. The summed E-state index contributed by atoms with van der Waals surface area (Å²) in [5.41, 5.74) is 5.57. The standard InChI is InChI=1S/C13H23N3O2/c14-8-11(17)15-9-12(18)16-7-6-13(10-16)4-2-1-3-5-13/h1-10,14H2,(H,15,17). The van der Waals surface area contributed by atoms with Crippen molar-refractivity contribution in [2.75, 3.05) is 26.2 Å². The number of carbonyl (C=O) groups excluding carboxylic acids is 2. The van der Waals surface area contributed by atoms with E-state index in [2.05, 4.69) is 5.32 Å². The van der Waals surface area contributed by atoms with E-state index in [0.717, 1.165) is 19.5 Å². The number of carbonyl (C=O) groups is 2. The smallest absolute Gasteiger partial charge is 0.241 e. The van der Waals surface area contributed by atoms with Crippen molar-refractivity contribution in [3.05, 3.63) is 0 Å². The molecule has 3 N–H and O–H groups in total. The molecule has 102 valence electrons. The van der Waals surface area contributed by atoms with Gasteiger partial charge in [-0.3, -0.25) is 9.59 Å². The first-order valence-electron chi connectivity index (χ1n) is 6.90. The van der Waals surface area contributed by atoms with Gasteiger partial charge < -0.3 is 16.0 Å². The van der Waals surface area contributed by atoms with Crippen LogP contribution in [0.3, 0.4) is 0 Å². The van der Waals surface area contributed by atoms with E-state index < -0.39 is 0 Å². The van der Waals surface area contributed by atoms with E-state index in [9.17, 15) is 9.59 Å². The molecule has 0 atom stereocenters. The van der Waals surface area contributed by atoms with Crippen molar-refractivity contribution in [3.63, 3.8) is 0 Å². The lowest BCUT2D eigenvalue weighted by Crippen LogP contribution is -2.42. The third-order valence-electron chi connectivity index (χ3n) is 4.33. The minimum absolute atomic E-state index is 0.0271. The van der Waals surface area contributed by atoms with Crippen LogP contribution >= 0.6 is 0 Å². The molecule has 2 rings (SSSR count). The van der Waals surface area contributed by atoms with Crippen molar-refractivity contribution in [1.82, 2.24) is 10.2 Å². The molecule has 18 heavy (non-hydrogen) atoms. The van der Waals surface area contributed by atoms with E-state index in [0.29, 0.717) is 5.41 Å². The lowest BCUT2D eigenvalue weighted by Gasteiger charge is -2.33. The minimum Gasteiger partial charge on any atom is -0.346 e. The van der Waals surface area contributed by atoms with Gasteiger partial charge in [0, 0.05) is 13.1 Å². The molecule has 0 aromatic carbocycles. The highest BCUT2D eigenvalue weighted by molar-refractivity contribution is 5.85. The number of rotatable bonds is 3. The highest BCUT2D eigenvalue weighted by Gasteiger charge is 2.40. The lowest BCUT2D eigenvalue weighted by atomic mass is 9.73. The second-order valence-corrected chi connectivity index (χ2v) is 5.61. The van der Waals surface area contributed by atoms with Crippen molar-refractivity contribution >= 4 is 11.8 Å². The van der Waals surface area contributed by atoms with Crippen LogP contribution in [0.5, 0.6) is 0 Å². The van der Waals surface area contributed by atoms with E-state index in [4.69, 9.17) is 5.73 Å². The largest absolute Gasteiger partial charge is 0.346 e. The summed E-state index contributed by atoms with van der Waals surface area (Å²) >= 11 is 0. The molecule has 1 spiro atoms. The van der Waals surface area contributed by atoms with E-state index in [1.165, 1.54) is 32.1 Å². The number of hydrogen-bond donors (Lipinski definition) is 2. The summed E-state index contributed by atoms with van der Waals surface area (Å²) in [6, 6.07) is 0. The molecule has 0 aromatic heterocycles. The Hall–Kier alpha value is -1.10. The molecule has 2 amide bonds. The maximum atomic E-state index is 12.0. The molecule has 2 aliphatic rings. The van der Waals surface area contributed by atoms with E-state index in [-0.39, 0.29) is 24.9 Å². The molecule has 1 aliphatic heterocycles. The molecule has 0 aromatic rings. The van der Waals surface area contributed by atoms with Gasteiger partial charge in [0.05, 0.1) is 13.1 Å². The first-order valence-corrected chi connectivity index (χ1v) is 6.90. The van der Waals surface area contributed by atoms with Gasteiger partial charge in [0.25, 0.3) is 0 Å². The highest BCUT2D eigenvalue weighted by Crippen LogP contribution is 2.43. The van der Waals surface area contributed by atoms with E-state index in [1.807, 2.05) is 4.90 Å². The molecule has 1 aliphatic carbocycles. The Morgan fingerprint density at radius 1 is 1.17 bits per heavy atom. The molecule has 2 fully saturated rings. The summed E-state index contributed by atoms with van der Waals surface area (Å²) in [7, 11) is 0. The summed E-state index contributed by atoms with van der Waals surface area (Å²) in [4.78, 5) is 24.9. The van der Waals surface area contributed by atoms with E-state index >= 15 is 0 Å². The third kappa shape index (κ3) is 3.02. The second-order valence-electron chi connectivity index (χ2n) is 5.61. The van der Waals surface area contributed by atoms with Crippen molar-refractivity contribution in [2.24, 2.45) is 11.1 Å². The van der Waals surface area contributed by atoms with Crippen LogP contribution < -0.4 is 11.1 Å². The van der Waals surface area contributed by atoms with Gasteiger partial charge in [0.2, 0.25) is 11.8 Å². The predicted octanol–water partition coefficient (Wildman–Crippen LogP) is 0.244. The maximum Gasteiger partial charge on any atom is 0.241 e. The number of amides is 2. The highest BCUT2D eigenvalue weighted by atomic mass is 16.2. The van der Waals surface area contributed by atoms with E-state index in [1.54, 1.807) is 0 Å². The molecule has 0 radical (unpaired) electrons. The lowest BCUT2D eigenvalue weighted by molar-refractivity contribution is -0.132. The number of nitrogens with two attached hydrogens (primary N) is 1. The summed E-state index contributed by atoms with van der Waals surface area (Å²) in [6.45, 7) is 1.75. The molecule has 0 bridgehead atoms. The Balaban J connectivity index is 1.80. The van der Waals surface area contributed by atoms with Gasteiger partial charge in [0.15, 0.2) is 0 Å². The zero-order valence-corrected chi connectivity index (χ0v) is 10.9. The zero-order valence-electron chi connectivity index (χ0n) is 10.9. The number of nitrogens with zero attached hydrogens (tertiary/aromatic N) is 1. The van der Waals surface area contributed by atoms with Crippen LogP contribution in [-0.2, 0) is 9.59 Å². The summed E-state index contributed by atoms with van der Waals surface area (Å²) < 4.78 is 0. The summed E-state index contributed by atoms with van der Waals surface area (Å²) in [6.07, 6.45) is 7.57. The normalized spacial score (nSPS) is 22.2. The quantitative estimate of drug-likeness (QED) is 0.756. The van der Waals surface area contributed by atoms with Crippen LogP contribution in [0, 0.1) is 5.41 Å². The van der Waals surface area contributed by atoms with Crippen LogP contribution in [-0.4, -0.2) is 42.9 Å². The van der Waals surface area contributed by atoms with Crippen LogP contribution in [0.4, 0.5) is 0 Å². The second kappa shape index (κ2) is 5.69. The summed E-state index contributed by atoms with van der Waals surface area (Å²) in [5.74, 6) is -0.242. The zero-order chi connectivity index (χ0) is 13.0. The number of nitrogens with one attached hydrogen (secondary N) is 1. The third-order valence-corrected chi connectivity index (χ3v) is 4.33. The Kier molecular flexibility index (Phi) is 4.22. The van der Waals surface area contributed by atoms with Crippen molar-refractivity contribution in [2.45, 2.75) is 38.5 Å². The number of likely N-dealkylation sites (tertiary alicyclic amines) is 1. The fraction of sp³-hybridized carbons (Fsp3) is 0.846. The summed E-state index contributed by atoms with van der Waals surface area (Å²) in [5, 5.41) is 2.55. The maximum absolute atomic E-state index is 12.0.